The molecule has 1 unspecified atom stereocenters. The van der Waals surface area contributed by atoms with Crippen LogP contribution >= 0.6 is 0 Å². The first-order valence-electron chi connectivity index (χ1n) is 7.60. The van der Waals surface area contributed by atoms with Crippen molar-refractivity contribution in [1.29, 1.82) is 5.26 Å². The monoisotopic (exact) mass is 335 g/mol. The van der Waals surface area contributed by atoms with Gasteiger partial charge in [0, 0.05) is 11.4 Å². The summed E-state index contributed by atoms with van der Waals surface area (Å²) < 4.78 is 0. The van der Waals surface area contributed by atoms with Crippen LogP contribution in [0.1, 0.15) is 30.5 Å². The second-order valence-corrected chi connectivity index (χ2v) is 5.43. The summed E-state index contributed by atoms with van der Waals surface area (Å²) in [6.07, 6.45) is -0.0172. The Morgan fingerprint density at radius 1 is 1.16 bits per heavy atom. The average Bonchev–Trinajstić information content (AvgIpc) is 2.60. The number of nitrogens with one attached hydrogen (secondary N) is 1. The molecule has 2 aromatic rings. The van der Waals surface area contributed by atoms with Crippen molar-refractivity contribution in [2.75, 3.05) is 5.32 Å². The maximum absolute atomic E-state index is 12.1. The fourth-order valence-electron chi connectivity index (χ4n) is 2.24. The third-order valence-electron chi connectivity index (χ3n) is 3.41. The Morgan fingerprint density at radius 2 is 1.80 bits per heavy atom. The SMILES string of the molecule is CC(CC(=O)Nc1ccc(C#N)cc1)=NC(C(=O)O)c1ccccc1. The molecule has 0 aliphatic heterocycles. The lowest BCUT2D eigenvalue weighted by Crippen LogP contribution is -2.17. The number of carboxylic acids is 1. The molecule has 2 aromatic carbocycles. The van der Waals surface area contributed by atoms with Crippen LogP contribution in [0.4, 0.5) is 5.69 Å². The molecule has 0 aromatic heterocycles. The molecule has 0 aliphatic rings. The number of carbonyl (C=O) groups excluding carboxylic acids is 1. The molecule has 0 fully saturated rings. The molecule has 0 aliphatic carbocycles. The van der Waals surface area contributed by atoms with Gasteiger partial charge < -0.3 is 10.4 Å². The van der Waals surface area contributed by atoms with E-state index >= 15 is 0 Å². The van der Waals surface area contributed by atoms with E-state index in [9.17, 15) is 14.7 Å². The Balaban J connectivity index is 2.04. The molecule has 0 heterocycles. The lowest BCUT2D eigenvalue weighted by Gasteiger charge is -2.10. The van der Waals surface area contributed by atoms with E-state index in [1.807, 2.05) is 6.07 Å². The van der Waals surface area contributed by atoms with E-state index < -0.39 is 12.0 Å². The van der Waals surface area contributed by atoms with Gasteiger partial charge in [0.15, 0.2) is 6.04 Å². The number of nitriles is 1. The van der Waals surface area contributed by atoms with Gasteiger partial charge in [0.05, 0.1) is 18.1 Å². The van der Waals surface area contributed by atoms with Crippen LogP contribution in [0.15, 0.2) is 59.6 Å². The zero-order valence-corrected chi connectivity index (χ0v) is 13.6. The van der Waals surface area contributed by atoms with Gasteiger partial charge in [0.25, 0.3) is 0 Å². The highest BCUT2D eigenvalue weighted by Crippen LogP contribution is 2.18. The predicted molar refractivity (Wildman–Crippen MR) is 94.3 cm³/mol. The summed E-state index contributed by atoms with van der Waals surface area (Å²) in [5.41, 5.74) is 2.04. The highest BCUT2D eigenvalue weighted by Gasteiger charge is 2.19. The van der Waals surface area contributed by atoms with Crippen LogP contribution in [0.3, 0.4) is 0 Å². The molecule has 6 nitrogen and oxygen atoms in total. The average molecular weight is 335 g/mol. The quantitative estimate of drug-likeness (QED) is 0.791. The standard InChI is InChI=1S/C19H17N3O3/c1-13(21-18(19(24)25)15-5-3-2-4-6-15)11-17(23)22-16-9-7-14(12-20)8-10-16/h2-10,18H,11H2,1H3,(H,22,23)(H,24,25). The molecule has 25 heavy (non-hydrogen) atoms. The van der Waals surface area contributed by atoms with E-state index in [0.717, 1.165) is 0 Å². The molecular formula is C19H17N3O3. The zero-order chi connectivity index (χ0) is 18.2. The summed E-state index contributed by atoms with van der Waals surface area (Å²) in [4.78, 5) is 27.7. The Bertz CT molecular complexity index is 821. The number of aliphatic imine (C=N–C) groups is 1. The highest BCUT2D eigenvalue weighted by molar-refractivity contribution is 6.06. The minimum absolute atomic E-state index is 0.0172. The van der Waals surface area contributed by atoms with Gasteiger partial charge in [-0.25, -0.2) is 4.79 Å². The van der Waals surface area contributed by atoms with Crippen LogP contribution in [0.25, 0.3) is 0 Å². The first-order valence-corrected chi connectivity index (χ1v) is 7.60. The molecule has 0 saturated heterocycles. The van der Waals surface area contributed by atoms with Crippen LogP contribution in [-0.4, -0.2) is 22.7 Å². The topological polar surface area (TPSA) is 103 Å². The Labute approximate surface area is 145 Å². The summed E-state index contributed by atoms with van der Waals surface area (Å²) in [5.74, 6) is -1.37. The summed E-state index contributed by atoms with van der Waals surface area (Å²) in [5, 5.41) is 20.8. The molecule has 6 heteroatoms. The normalized spacial score (nSPS) is 12.1. The van der Waals surface area contributed by atoms with Gasteiger partial charge in [-0.15, -0.1) is 0 Å². The maximum atomic E-state index is 12.1. The molecule has 0 saturated carbocycles. The van der Waals surface area contributed by atoms with E-state index in [-0.39, 0.29) is 12.3 Å². The Hall–Kier alpha value is -3.46. The summed E-state index contributed by atoms with van der Waals surface area (Å²) in [6.45, 7) is 1.62. The number of anilines is 1. The summed E-state index contributed by atoms with van der Waals surface area (Å²) in [6, 6.07) is 16.1. The van der Waals surface area contributed by atoms with Gasteiger partial charge in [-0.05, 0) is 36.8 Å². The van der Waals surface area contributed by atoms with E-state index in [2.05, 4.69) is 10.3 Å². The Kier molecular flexibility index (Phi) is 6.02. The molecule has 1 atom stereocenters. The van der Waals surface area contributed by atoms with Crippen molar-refractivity contribution >= 4 is 23.3 Å². The lowest BCUT2D eigenvalue weighted by molar-refractivity contribution is -0.138. The van der Waals surface area contributed by atoms with Gasteiger partial charge in [0.1, 0.15) is 0 Å². The molecule has 0 spiro atoms. The van der Waals surface area contributed by atoms with Gasteiger partial charge in [0.2, 0.25) is 5.91 Å². The van der Waals surface area contributed by atoms with Crippen molar-refractivity contribution in [3.63, 3.8) is 0 Å². The van der Waals surface area contributed by atoms with Crippen LogP contribution in [0, 0.1) is 11.3 Å². The second kappa shape index (κ2) is 8.41. The van der Waals surface area contributed by atoms with Crippen LogP contribution in [0.5, 0.6) is 0 Å². The fraction of sp³-hybridized carbons (Fsp3) is 0.158. The summed E-state index contributed by atoms with van der Waals surface area (Å²) in [7, 11) is 0. The molecule has 2 rings (SSSR count). The highest BCUT2D eigenvalue weighted by atomic mass is 16.4. The van der Waals surface area contributed by atoms with Crippen LogP contribution in [-0.2, 0) is 9.59 Å². The van der Waals surface area contributed by atoms with Crippen LogP contribution in [0.2, 0.25) is 0 Å². The van der Waals surface area contributed by atoms with E-state index in [1.54, 1.807) is 61.5 Å². The number of aliphatic carboxylic acids is 1. The number of rotatable bonds is 6. The van der Waals surface area contributed by atoms with E-state index in [4.69, 9.17) is 5.26 Å². The number of carbonyl (C=O) groups is 2. The Morgan fingerprint density at radius 3 is 2.36 bits per heavy atom. The smallest absolute Gasteiger partial charge is 0.333 e. The first kappa shape index (κ1) is 17.9. The lowest BCUT2D eigenvalue weighted by atomic mass is 10.1. The van der Waals surface area contributed by atoms with Crippen molar-refractivity contribution in [2.24, 2.45) is 4.99 Å². The summed E-state index contributed by atoms with van der Waals surface area (Å²) >= 11 is 0. The van der Waals surface area contributed by atoms with Crippen molar-refractivity contribution < 1.29 is 14.7 Å². The number of benzene rings is 2. The van der Waals surface area contributed by atoms with Gasteiger partial charge >= 0.3 is 5.97 Å². The van der Waals surface area contributed by atoms with E-state index in [1.165, 1.54) is 0 Å². The number of hydrogen-bond acceptors (Lipinski definition) is 4. The molecule has 2 N–H and O–H groups in total. The van der Waals surface area contributed by atoms with Crippen LogP contribution < -0.4 is 5.32 Å². The molecule has 126 valence electrons. The third-order valence-corrected chi connectivity index (χ3v) is 3.41. The fourth-order valence-corrected chi connectivity index (χ4v) is 2.24. The van der Waals surface area contributed by atoms with Gasteiger partial charge in [-0.2, -0.15) is 5.26 Å². The molecule has 1 amide bonds. The number of hydrogen-bond donors (Lipinski definition) is 2. The number of amides is 1. The number of nitrogens with zero attached hydrogens (tertiary/aromatic N) is 2. The van der Waals surface area contributed by atoms with Crippen molar-refractivity contribution in [2.45, 2.75) is 19.4 Å². The predicted octanol–water partition coefficient (Wildman–Crippen LogP) is 3.17. The largest absolute Gasteiger partial charge is 0.479 e. The van der Waals surface area contributed by atoms with Crippen molar-refractivity contribution in [3.8, 4) is 6.07 Å². The van der Waals surface area contributed by atoms with E-state index in [0.29, 0.717) is 22.5 Å². The number of carboxylic acid groups (broad SMARTS) is 1. The third kappa shape index (κ3) is 5.29. The maximum Gasteiger partial charge on any atom is 0.333 e. The minimum Gasteiger partial charge on any atom is -0.479 e. The minimum atomic E-state index is -1.07. The van der Waals surface area contributed by atoms with Crippen molar-refractivity contribution in [3.05, 3.63) is 65.7 Å². The molecule has 0 bridgehead atoms. The second-order valence-electron chi connectivity index (χ2n) is 5.43. The molecular weight excluding hydrogens is 318 g/mol. The van der Waals surface area contributed by atoms with Gasteiger partial charge in [-0.1, -0.05) is 30.3 Å². The van der Waals surface area contributed by atoms with Gasteiger partial charge in [-0.3, -0.25) is 9.79 Å². The first-order chi connectivity index (χ1) is 12.0. The zero-order valence-electron chi connectivity index (χ0n) is 13.6. The molecule has 0 radical (unpaired) electrons. The van der Waals surface area contributed by atoms with Crippen molar-refractivity contribution in [1.82, 2.24) is 0 Å².